The number of aliphatic carboxylic acids is 5. The maximum atomic E-state index is 9.00. The number of hydrogen-bond donors (Lipinski definition) is 6. The molecule has 0 amide bonds. The van der Waals surface area contributed by atoms with E-state index in [0.29, 0.717) is 13.1 Å². The van der Waals surface area contributed by atoms with E-state index in [0.717, 1.165) is 47.7 Å². The SMILES string of the molecule is CC(=O)O.CC(=O)O.CC(=O)O.CC(=O)[O-].CC(=O)[O-].NCCNCCN.[Na+].[Na+]. The third kappa shape index (κ3) is 1660. The van der Waals surface area contributed by atoms with Crippen molar-refractivity contribution in [1.29, 1.82) is 0 Å². The molecule has 0 rings (SSSR count). The molecule has 15 heteroatoms. The average Bonchev–Trinajstić information content (AvgIpc) is 2.35. The third-order valence-electron chi connectivity index (χ3n) is 0.642. The molecule has 0 fully saturated rings. The second kappa shape index (κ2) is 50.7. The van der Waals surface area contributed by atoms with E-state index < -0.39 is 29.8 Å². The topological polar surface area (TPSA) is 256 Å². The average molecular weight is 447 g/mol. The number of hydrogen-bond acceptors (Lipinski definition) is 10. The van der Waals surface area contributed by atoms with Gasteiger partial charge in [-0.3, -0.25) is 14.4 Å². The predicted molar refractivity (Wildman–Crippen MR) is 92.3 cm³/mol. The van der Waals surface area contributed by atoms with Crippen LogP contribution in [-0.4, -0.2) is 71.3 Å². The van der Waals surface area contributed by atoms with E-state index in [1.807, 2.05) is 0 Å². The first-order chi connectivity index (χ1) is 12.1. The number of rotatable bonds is 4. The van der Waals surface area contributed by atoms with Gasteiger partial charge in [-0.05, 0) is 13.8 Å². The summed E-state index contributed by atoms with van der Waals surface area (Å²) in [4.78, 5) is 44.8. The molecule has 29 heavy (non-hydrogen) atoms. The number of carbonyl (C=O) groups is 5. The van der Waals surface area contributed by atoms with Gasteiger partial charge in [0, 0.05) is 58.9 Å². The molecule has 0 saturated carbocycles. The summed E-state index contributed by atoms with van der Waals surface area (Å²) in [5, 5.41) is 43.1. The molecule has 0 unspecified atom stereocenters. The van der Waals surface area contributed by atoms with Crippen molar-refractivity contribution in [2.24, 2.45) is 11.5 Å². The van der Waals surface area contributed by atoms with Gasteiger partial charge in [0.1, 0.15) is 0 Å². The number of carbonyl (C=O) groups excluding carboxylic acids is 2. The van der Waals surface area contributed by atoms with Gasteiger partial charge >= 0.3 is 59.1 Å². The molecule has 0 aromatic carbocycles. The van der Waals surface area contributed by atoms with Gasteiger partial charge in [-0.15, -0.1) is 0 Å². The fraction of sp³-hybridized carbons (Fsp3) is 0.643. The summed E-state index contributed by atoms with van der Waals surface area (Å²) < 4.78 is 0. The van der Waals surface area contributed by atoms with Crippen LogP contribution in [0.2, 0.25) is 0 Å². The van der Waals surface area contributed by atoms with Crippen LogP contribution in [0, 0.1) is 0 Å². The molecule has 13 nitrogen and oxygen atoms in total. The Kier molecular flexibility index (Phi) is 89.4. The zero-order valence-corrected chi connectivity index (χ0v) is 22.2. The first-order valence-corrected chi connectivity index (χ1v) is 7.12. The van der Waals surface area contributed by atoms with Crippen LogP contribution in [-0.2, 0) is 24.0 Å². The Balaban J connectivity index is -0.0000000305. The zero-order chi connectivity index (χ0) is 23.4. The molecule has 0 aliphatic heterocycles. The van der Waals surface area contributed by atoms with Crippen LogP contribution in [0.4, 0.5) is 0 Å². The molecule has 0 aliphatic carbocycles. The van der Waals surface area contributed by atoms with Gasteiger partial charge in [-0.1, -0.05) is 0 Å². The fourth-order valence-corrected chi connectivity index (χ4v) is 0.329. The van der Waals surface area contributed by atoms with E-state index in [9.17, 15) is 0 Å². The normalized spacial score (nSPS) is 6.59. The van der Waals surface area contributed by atoms with Crippen molar-refractivity contribution >= 4 is 29.8 Å². The van der Waals surface area contributed by atoms with E-state index in [1.165, 1.54) is 0 Å². The Morgan fingerprint density at radius 2 is 0.759 bits per heavy atom. The molecule has 0 heterocycles. The van der Waals surface area contributed by atoms with Crippen LogP contribution in [0.15, 0.2) is 0 Å². The van der Waals surface area contributed by atoms with E-state index in [2.05, 4.69) is 5.32 Å². The van der Waals surface area contributed by atoms with Crippen LogP contribution in [0.3, 0.4) is 0 Å². The van der Waals surface area contributed by atoms with Gasteiger partial charge in [0.05, 0.1) is 0 Å². The van der Waals surface area contributed by atoms with E-state index in [4.69, 9.17) is 61.0 Å². The molecule has 0 atom stereocenters. The Morgan fingerprint density at radius 1 is 0.655 bits per heavy atom. The first kappa shape index (κ1) is 51.1. The number of nitrogens with two attached hydrogens (primary N) is 2. The molecule has 0 spiro atoms. The third-order valence-corrected chi connectivity index (χ3v) is 0.642. The van der Waals surface area contributed by atoms with E-state index in [1.54, 1.807) is 0 Å². The Labute approximate surface area is 214 Å². The van der Waals surface area contributed by atoms with Crippen LogP contribution >= 0.6 is 0 Å². The van der Waals surface area contributed by atoms with Crippen molar-refractivity contribution < 1.29 is 109 Å². The van der Waals surface area contributed by atoms with Crippen molar-refractivity contribution in [1.82, 2.24) is 5.32 Å². The zero-order valence-electron chi connectivity index (χ0n) is 18.2. The second-order valence-corrected chi connectivity index (χ2v) is 3.87. The Bertz CT molecular complexity index is 293. The molecular formula is C14H31N3Na2O10. The van der Waals surface area contributed by atoms with Crippen molar-refractivity contribution in [3.8, 4) is 0 Å². The maximum Gasteiger partial charge on any atom is 1.00 e. The molecule has 0 aliphatic rings. The molecular weight excluding hydrogens is 416 g/mol. The Hall–Kier alpha value is -0.770. The van der Waals surface area contributed by atoms with E-state index in [-0.39, 0.29) is 59.1 Å². The maximum absolute atomic E-state index is 9.00. The smallest absolute Gasteiger partial charge is 0.550 e. The predicted octanol–water partition coefficient (Wildman–Crippen LogP) is -9.71. The summed E-state index contributed by atoms with van der Waals surface area (Å²) >= 11 is 0. The summed E-state index contributed by atoms with van der Waals surface area (Å²) in [5.74, 6) is -4.67. The van der Waals surface area contributed by atoms with Gasteiger partial charge in [0.25, 0.3) is 17.9 Å². The summed E-state index contributed by atoms with van der Waals surface area (Å²) in [5.41, 5.74) is 10.3. The van der Waals surface area contributed by atoms with Crippen molar-refractivity contribution in [3.05, 3.63) is 0 Å². The van der Waals surface area contributed by atoms with Gasteiger partial charge < -0.3 is 51.9 Å². The molecule has 8 N–H and O–H groups in total. The van der Waals surface area contributed by atoms with Gasteiger partial charge in [-0.2, -0.15) is 0 Å². The second-order valence-electron chi connectivity index (χ2n) is 3.87. The van der Waals surface area contributed by atoms with Crippen LogP contribution in [0.25, 0.3) is 0 Å². The molecule has 0 bridgehead atoms. The van der Waals surface area contributed by atoms with Gasteiger partial charge in [0.2, 0.25) is 0 Å². The van der Waals surface area contributed by atoms with Crippen LogP contribution in [0.5, 0.6) is 0 Å². The quantitative estimate of drug-likeness (QED) is 0.173. The molecule has 0 aromatic heterocycles. The molecule has 164 valence electrons. The van der Waals surface area contributed by atoms with Crippen molar-refractivity contribution in [2.75, 3.05) is 26.2 Å². The summed E-state index contributed by atoms with van der Waals surface area (Å²) in [6.07, 6.45) is 0. The minimum Gasteiger partial charge on any atom is -0.550 e. The molecule has 0 radical (unpaired) electrons. The number of nitrogens with one attached hydrogen (secondary N) is 1. The molecule has 0 saturated heterocycles. The van der Waals surface area contributed by atoms with Crippen molar-refractivity contribution in [3.63, 3.8) is 0 Å². The fourth-order valence-electron chi connectivity index (χ4n) is 0.329. The number of carboxylic acids is 5. The first-order valence-electron chi connectivity index (χ1n) is 7.12. The monoisotopic (exact) mass is 447 g/mol. The number of carboxylic acid groups (broad SMARTS) is 5. The molecule has 0 aromatic rings. The van der Waals surface area contributed by atoms with Gasteiger partial charge in [-0.25, -0.2) is 0 Å². The van der Waals surface area contributed by atoms with Crippen LogP contribution in [0.1, 0.15) is 34.6 Å². The van der Waals surface area contributed by atoms with Crippen molar-refractivity contribution in [2.45, 2.75) is 34.6 Å². The Morgan fingerprint density at radius 3 is 0.828 bits per heavy atom. The minimum atomic E-state index is -1.08. The largest absolute Gasteiger partial charge is 1.00 e. The summed E-state index contributed by atoms with van der Waals surface area (Å²) in [6.45, 7) is 8.33. The summed E-state index contributed by atoms with van der Waals surface area (Å²) in [7, 11) is 0. The minimum absolute atomic E-state index is 0. The summed E-state index contributed by atoms with van der Waals surface area (Å²) in [6, 6.07) is 0. The van der Waals surface area contributed by atoms with E-state index >= 15 is 0 Å². The van der Waals surface area contributed by atoms with Gasteiger partial charge in [0.15, 0.2) is 0 Å². The van der Waals surface area contributed by atoms with Crippen LogP contribution < -0.4 is 86.1 Å². The standard InChI is InChI=1S/C4H13N3.5C2H4O2.2Na/c5-1-3-7-4-2-6;5*1-2(3)4;;/h7H,1-6H2;5*1H3,(H,3,4);;/q;;;;;;2*+1/p-2.